The Morgan fingerprint density at radius 1 is 1.09 bits per heavy atom. The van der Waals surface area contributed by atoms with Gasteiger partial charge in [0.25, 0.3) is 0 Å². The third-order valence-corrected chi connectivity index (χ3v) is 6.86. The zero-order valence-electron chi connectivity index (χ0n) is 17.3. The highest BCUT2D eigenvalue weighted by Crippen LogP contribution is 2.28. The first-order valence-electron chi connectivity index (χ1n) is 10.2. The van der Waals surface area contributed by atoms with Crippen molar-refractivity contribution in [2.24, 2.45) is 0 Å². The van der Waals surface area contributed by atoms with Crippen molar-refractivity contribution < 1.29 is 4.79 Å². The van der Waals surface area contributed by atoms with Crippen molar-refractivity contribution in [3.05, 3.63) is 92.3 Å². The monoisotopic (exact) mass is 476 g/mol. The maximum atomic E-state index is 12.7. The van der Waals surface area contributed by atoms with E-state index in [1.54, 1.807) is 24.4 Å². The summed E-state index contributed by atoms with van der Waals surface area (Å²) in [5.74, 6) is 0.600. The van der Waals surface area contributed by atoms with Gasteiger partial charge in [-0.1, -0.05) is 49.4 Å². The second kappa shape index (κ2) is 11.1. The number of nitrogens with zero attached hydrogens (tertiary/aromatic N) is 2. The average Bonchev–Trinajstić information content (AvgIpc) is 3.18. The number of carbonyl (C=O) groups is 1. The van der Waals surface area contributed by atoms with Crippen LogP contribution in [0.15, 0.2) is 60.8 Å². The second-order valence-electron chi connectivity index (χ2n) is 7.47. The molecule has 0 bridgehead atoms. The fourth-order valence-corrected chi connectivity index (χ4v) is 4.81. The van der Waals surface area contributed by atoms with Crippen molar-refractivity contribution in [3.63, 3.8) is 0 Å². The molecule has 2 heterocycles. The summed E-state index contributed by atoms with van der Waals surface area (Å²) in [5, 5.41) is 14.8. The van der Waals surface area contributed by atoms with Crippen LogP contribution < -0.4 is 11.1 Å². The Morgan fingerprint density at radius 3 is 2.61 bits per heavy atom. The number of benzene rings is 2. The molecule has 0 unspecified atom stereocenters. The minimum atomic E-state index is 0. The van der Waals surface area contributed by atoms with Gasteiger partial charge in [0.15, 0.2) is 5.78 Å². The molecule has 0 fully saturated rings. The maximum Gasteiger partial charge on any atom is 0.173 e. The molecule has 0 saturated heterocycles. The number of pyridine rings is 1. The number of nitrogens with one attached hydrogen (secondary N) is 1. The molecule has 168 valence electrons. The fourth-order valence-electron chi connectivity index (χ4n) is 3.47. The molecule has 0 amide bonds. The molecule has 4 aromatic rings. The number of aromatic nitrogens is 1. The highest BCUT2D eigenvalue weighted by atomic mass is 35.5. The van der Waals surface area contributed by atoms with Gasteiger partial charge in [-0.2, -0.15) is 5.26 Å². The van der Waals surface area contributed by atoms with E-state index < -0.39 is 0 Å². The molecule has 2 aromatic heterocycles. The summed E-state index contributed by atoms with van der Waals surface area (Å²) >= 11 is 7.81. The molecule has 0 aliphatic heterocycles. The van der Waals surface area contributed by atoms with Crippen LogP contribution >= 0.6 is 22.9 Å². The topological polar surface area (TPSA) is 91.8 Å². The van der Waals surface area contributed by atoms with Gasteiger partial charge in [0, 0.05) is 36.0 Å². The lowest BCUT2D eigenvalue weighted by molar-refractivity contribution is 0.0986. The van der Waals surface area contributed by atoms with Gasteiger partial charge in [0.1, 0.15) is 5.82 Å². The van der Waals surface area contributed by atoms with E-state index in [0.717, 1.165) is 26.8 Å². The number of fused-ring (bicyclic) bond motifs is 1. The van der Waals surface area contributed by atoms with Gasteiger partial charge in [-0.05, 0) is 47.2 Å². The van der Waals surface area contributed by atoms with E-state index in [4.69, 9.17) is 22.6 Å². The van der Waals surface area contributed by atoms with Crippen LogP contribution in [0.2, 0.25) is 5.02 Å². The molecular weight excluding hydrogens is 452 g/mol. The zero-order valence-corrected chi connectivity index (χ0v) is 18.8. The Morgan fingerprint density at radius 2 is 1.85 bits per heavy atom. The number of carbonyl (C=O) groups excluding carboxylic acids is 1. The molecular formula is C26H25ClN4OS. The number of ketones is 1. The number of hydrogen-bond acceptors (Lipinski definition) is 6. The van der Waals surface area contributed by atoms with E-state index in [0.29, 0.717) is 47.2 Å². The van der Waals surface area contributed by atoms with Crippen molar-refractivity contribution in [1.29, 1.82) is 5.26 Å². The van der Waals surface area contributed by atoms with Crippen LogP contribution in [0.3, 0.4) is 0 Å². The van der Waals surface area contributed by atoms with Gasteiger partial charge in [-0.25, -0.2) is 4.98 Å². The number of nitrogen functional groups attached to an aromatic ring is 1. The van der Waals surface area contributed by atoms with Crippen LogP contribution in [0, 0.1) is 11.3 Å². The van der Waals surface area contributed by atoms with E-state index in [2.05, 4.69) is 22.4 Å². The van der Waals surface area contributed by atoms with Crippen LogP contribution in [0.25, 0.3) is 10.8 Å². The van der Waals surface area contributed by atoms with Gasteiger partial charge < -0.3 is 11.1 Å². The van der Waals surface area contributed by atoms with Crippen molar-refractivity contribution in [2.45, 2.75) is 33.4 Å². The molecule has 2 aromatic carbocycles. The smallest absolute Gasteiger partial charge is 0.173 e. The molecule has 7 heteroatoms. The Bertz CT molecular complexity index is 1310. The van der Waals surface area contributed by atoms with Crippen LogP contribution in [0.4, 0.5) is 5.82 Å². The van der Waals surface area contributed by atoms with Crippen LogP contribution in [-0.2, 0) is 19.5 Å². The molecule has 5 nitrogen and oxygen atoms in total. The Kier molecular flexibility index (Phi) is 8.18. The summed E-state index contributed by atoms with van der Waals surface area (Å²) in [6, 6.07) is 19.3. The van der Waals surface area contributed by atoms with Gasteiger partial charge >= 0.3 is 0 Å². The quantitative estimate of drug-likeness (QED) is 0.298. The predicted octanol–water partition coefficient (Wildman–Crippen LogP) is 6.14. The SMILES string of the molecule is C.N#Cc1ccc(CNCc2sc(C(=O)CCc3ccc4c(N)nccc4c3)cc2Cl)cc1. The number of nitriles is 1. The first-order valence-corrected chi connectivity index (χ1v) is 11.4. The standard InChI is InChI=1S/C25H21ClN4OS.CH4/c26-21-12-23(32-24(21)15-29-14-18-3-1-17(13-27)2-4-18)22(31)8-6-16-5-7-20-19(11-16)9-10-30-25(20)28;/h1-5,7,9-12,29H,6,8,14-15H2,(H2,28,30);1H4. The number of thiophene rings is 1. The fraction of sp³-hybridized carbons (Fsp3) is 0.192. The lowest BCUT2D eigenvalue weighted by Crippen LogP contribution is -2.11. The summed E-state index contributed by atoms with van der Waals surface area (Å²) in [6.07, 6.45) is 2.76. The third-order valence-electron chi connectivity index (χ3n) is 5.23. The first kappa shape index (κ1) is 24.4. The molecule has 4 rings (SSSR count). The molecule has 3 N–H and O–H groups in total. The van der Waals surface area contributed by atoms with E-state index >= 15 is 0 Å². The number of nitrogens with two attached hydrogens (primary N) is 1. The molecule has 0 aliphatic carbocycles. The normalized spacial score (nSPS) is 10.5. The highest BCUT2D eigenvalue weighted by Gasteiger charge is 2.14. The van der Waals surface area contributed by atoms with Crippen molar-refractivity contribution in [3.8, 4) is 6.07 Å². The minimum Gasteiger partial charge on any atom is -0.383 e. The number of aryl methyl sites for hydroxylation is 1. The van der Waals surface area contributed by atoms with E-state index in [-0.39, 0.29) is 13.2 Å². The molecule has 0 aliphatic rings. The van der Waals surface area contributed by atoms with Gasteiger partial charge in [-0.3, -0.25) is 4.79 Å². The summed E-state index contributed by atoms with van der Waals surface area (Å²) in [6.45, 7) is 1.24. The Balaban J connectivity index is 0.00000306. The summed E-state index contributed by atoms with van der Waals surface area (Å²) in [5.41, 5.74) is 8.72. The van der Waals surface area contributed by atoms with Crippen LogP contribution in [0.5, 0.6) is 0 Å². The molecule has 0 radical (unpaired) electrons. The summed E-state index contributed by atoms with van der Waals surface area (Å²) < 4.78 is 0. The molecule has 33 heavy (non-hydrogen) atoms. The number of Topliss-reactive ketones (excluding diaryl/α,β-unsaturated/α-hetero) is 1. The summed E-state index contributed by atoms with van der Waals surface area (Å²) in [4.78, 5) is 18.5. The maximum absolute atomic E-state index is 12.7. The predicted molar refractivity (Wildman–Crippen MR) is 137 cm³/mol. The number of halogens is 1. The lowest BCUT2D eigenvalue weighted by Gasteiger charge is -2.05. The highest BCUT2D eigenvalue weighted by molar-refractivity contribution is 7.14. The first-order chi connectivity index (χ1) is 15.5. The van der Waals surface area contributed by atoms with E-state index in [1.807, 2.05) is 30.3 Å². The van der Waals surface area contributed by atoms with Gasteiger partial charge in [0.2, 0.25) is 0 Å². The number of rotatable bonds is 8. The van der Waals surface area contributed by atoms with Crippen molar-refractivity contribution in [2.75, 3.05) is 5.73 Å². The van der Waals surface area contributed by atoms with Gasteiger partial charge in [-0.15, -0.1) is 11.3 Å². The van der Waals surface area contributed by atoms with E-state index in [1.165, 1.54) is 11.3 Å². The summed E-state index contributed by atoms with van der Waals surface area (Å²) in [7, 11) is 0. The largest absolute Gasteiger partial charge is 0.383 e. The van der Waals surface area contributed by atoms with Crippen LogP contribution in [0.1, 0.15) is 45.1 Å². The average molecular weight is 477 g/mol. The second-order valence-corrected chi connectivity index (χ2v) is 9.01. The van der Waals surface area contributed by atoms with E-state index in [9.17, 15) is 4.79 Å². The Hall–Kier alpha value is -3.24. The molecule has 0 saturated carbocycles. The molecule has 0 atom stereocenters. The van der Waals surface area contributed by atoms with Crippen molar-refractivity contribution >= 4 is 45.3 Å². The Labute approximate surface area is 202 Å². The van der Waals surface area contributed by atoms with Gasteiger partial charge in [0.05, 0.1) is 21.5 Å². The van der Waals surface area contributed by atoms with Crippen molar-refractivity contribution in [1.82, 2.24) is 10.3 Å². The van der Waals surface area contributed by atoms with Crippen LogP contribution in [-0.4, -0.2) is 10.8 Å². The number of hydrogen-bond donors (Lipinski definition) is 2. The third kappa shape index (κ3) is 5.96. The molecule has 0 spiro atoms. The zero-order chi connectivity index (χ0) is 22.5. The lowest BCUT2D eigenvalue weighted by atomic mass is 10.0. The minimum absolute atomic E-state index is 0. The number of anilines is 1.